The highest BCUT2D eigenvalue weighted by Gasteiger charge is 2.25. The molecule has 29 heavy (non-hydrogen) atoms. The first-order valence-electron chi connectivity index (χ1n) is 9.35. The third-order valence-electron chi connectivity index (χ3n) is 4.79. The zero-order valence-electron chi connectivity index (χ0n) is 16.0. The Kier molecular flexibility index (Phi) is 5.82. The van der Waals surface area contributed by atoms with E-state index in [0.717, 1.165) is 16.0 Å². The van der Waals surface area contributed by atoms with Gasteiger partial charge in [0, 0.05) is 26.0 Å². The standard InChI is InChI=1S/C21H21FN4O2S/c1-26-8-9-28-13-16(20(26)27)10-14-6-7-23-19(11-14)25-21-24-12-18(29-21)15-2-4-17(22)5-3-15/h2-7,11-12,16H,8-10,13H2,1H3,(H,23,24,25). The molecule has 3 aromatic rings. The van der Waals surface area contributed by atoms with Crippen molar-refractivity contribution in [1.29, 1.82) is 0 Å². The van der Waals surface area contributed by atoms with Gasteiger partial charge in [0.15, 0.2) is 5.13 Å². The number of halogens is 1. The predicted molar refractivity (Wildman–Crippen MR) is 111 cm³/mol. The normalized spacial score (nSPS) is 17.2. The van der Waals surface area contributed by atoms with Gasteiger partial charge in [0.05, 0.1) is 24.0 Å². The summed E-state index contributed by atoms with van der Waals surface area (Å²) in [5, 5.41) is 3.91. The van der Waals surface area contributed by atoms with Gasteiger partial charge in [-0.1, -0.05) is 23.5 Å². The fourth-order valence-corrected chi connectivity index (χ4v) is 4.04. The number of rotatable bonds is 5. The molecule has 8 heteroatoms. The maximum Gasteiger partial charge on any atom is 0.228 e. The number of amides is 1. The number of aromatic nitrogens is 2. The van der Waals surface area contributed by atoms with Gasteiger partial charge >= 0.3 is 0 Å². The van der Waals surface area contributed by atoms with Crippen molar-refractivity contribution in [3.05, 3.63) is 60.2 Å². The lowest BCUT2D eigenvalue weighted by Crippen LogP contribution is -2.34. The summed E-state index contributed by atoms with van der Waals surface area (Å²) in [7, 11) is 1.81. The number of carbonyl (C=O) groups excluding carboxylic acids is 1. The summed E-state index contributed by atoms with van der Waals surface area (Å²) in [6, 6.07) is 10.2. The minimum atomic E-state index is -0.263. The second kappa shape index (κ2) is 8.67. The van der Waals surface area contributed by atoms with Gasteiger partial charge in [-0.15, -0.1) is 0 Å². The van der Waals surface area contributed by atoms with Gasteiger partial charge in [0.2, 0.25) is 5.91 Å². The molecular formula is C21H21FN4O2S. The maximum absolute atomic E-state index is 13.1. The molecule has 1 fully saturated rings. The Morgan fingerprint density at radius 2 is 2.10 bits per heavy atom. The van der Waals surface area contributed by atoms with E-state index in [2.05, 4.69) is 15.3 Å². The minimum Gasteiger partial charge on any atom is -0.379 e. The van der Waals surface area contributed by atoms with E-state index in [1.54, 1.807) is 29.4 Å². The summed E-state index contributed by atoms with van der Waals surface area (Å²) in [6.07, 6.45) is 4.07. The Morgan fingerprint density at radius 1 is 1.28 bits per heavy atom. The summed E-state index contributed by atoms with van der Waals surface area (Å²) in [6.45, 7) is 1.63. The number of nitrogens with one attached hydrogen (secondary N) is 1. The number of benzene rings is 1. The molecule has 150 valence electrons. The maximum atomic E-state index is 13.1. The van der Waals surface area contributed by atoms with E-state index in [1.807, 2.05) is 19.2 Å². The number of carbonyl (C=O) groups is 1. The van der Waals surface area contributed by atoms with Crippen molar-refractivity contribution in [1.82, 2.24) is 14.9 Å². The third-order valence-corrected chi connectivity index (χ3v) is 5.75. The van der Waals surface area contributed by atoms with Crippen LogP contribution < -0.4 is 5.32 Å². The number of pyridine rings is 1. The summed E-state index contributed by atoms with van der Waals surface area (Å²) in [5.74, 6) is 0.319. The summed E-state index contributed by atoms with van der Waals surface area (Å²) in [5.41, 5.74) is 1.92. The van der Waals surface area contributed by atoms with Crippen molar-refractivity contribution in [2.75, 3.05) is 32.1 Å². The highest BCUT2D eigenvalue weighted by molar-refractivity contribution is 7.18. The molecule has 0 spiro atoms. The van der Waals surface area contributed by atoms with Gasteiger partial charge in [-0.25, -0.2) is 14.4 Å². The van der Waals surface area contributed by atoms with Crippen molar-refractivity contribution in [3.63, 3.8) is 0 Å². The van der Waals surface area contributed by atoms with Gasteiger partial charge in [-0.2, -0.15) is 0 Å². The Balaban J connectivity index is 1.45. The molecule has 0 radical (unpaired) electrons. The fourth-order valence-electron chi connectivity index (χ4n) is 3.21. The molecule has 1 saturated heterocycles. The lowest BCUT2D eigenvalue weighted by molar-refractivity contribution is -0.133. The molecule has 0 aliphatic carbocycles. The van der Waals surface area contributed by atoms with Crippen LogP contribution in [0.1, 0.15) is 5.56 Å². The van der Waals surface area contributed by atoms with Crippen LogP contribution in [-0.2, 0) is 16.0 Å². The lowest BCUT2D eigenvalue weighted by atomic mass is 9.99. The van der Waals surface area contributed by atoms with Gasteiger partial charge in [-0.05, 0) is 41.8 Å². The quantitative estimate of drug-likeness (QED) is 0.692. The van der Waals surface area contributed by atoms with Crippen molar-refractivity contribution in [3.8, 4) is 10.4 Å². The van der Waals surface area contributed by atoms with Crippen LogP contribution in [0.25, 0.3) is 10.4 Å². The summed E-state index contributed by atoms with van der Waals surface area (Å²) in [4.78, 5) is 23.9. The van der Waals surface area contributed by atoms with Gasteiger partial charge in [0.1, 0.15) is 11.6 Å². The molecule has 6 nitrogen and oxygen atoms in total. The second-order valence-corrected chi connectivity index (χ2v) is 7.98. The number of ether oxygens (including phenoxy) is 1. The van der Waals surface area contributed by atoms with Gasteiger partial charge < -0.3 is 15.0 Å². The molecule has 1 atom stereocenters. The van der Waals surface area contributed by atoms with Crippen LogP contribution in [0.3, 0.4) is 0 Å². The van der Waals surface area contributed by atoms with E-state index in [-0.39, 0.29) is 17.6 Å². The van der Waals surface area contributed by atoms with Crippen LogP contribution >= 0.6 is 11.3 Å². The van der Waals surface area contributed by atoms with Crippen LogP contribution in [-0.4, -0.2) is 47.6 Å². The molecule has 0 saturated carbocycles. The number of hydrogen-bond donors (Lipinski definition) is 1. The van der Waals surface area contributed by atoms with Gasteiger partial charge in [0.25, 0.3) is 0 Å². The number of thiazole rings is 1. The highest BCUT2D eigenvalue weighted by atomic mass is 32.1. The number of hydrogen-bond acceptors (Lipinski definition) is 6. The van der Waals surface area contributed by atoms with Crippen LogP contribution in [0.2, 0.25) is 0 Å². The van der Waals surface area contributed by atoms with Crippen molar-refractivity contribution < 1.29 is 13.9 Å². The molecule has 2 aromatic heterocycles. The van der Waals surface area contributed by atoms with E-state index in [4.69, 9.17) is 4.74 Å². The second-order valence-electron chi connectivity index (χ2n) is 6.95. The van der Waals surface area contributed by atoms with E-state index in [0.29, 0.717) is 37.1 Å². The minimum absolute atomic E-state index is 0.109. The molecule has 4 rings (SSSR count). The molecular weight excluding hydrogens is 391 g/mol. The zero-order chi connectivity index (χ0) is 20.2. The monoisotopic (exact) mass is 412 g/mol. The summed E-state index contributed by atoms with van der Waals surface area (Å²) < 4.78 is 18.7. The Morgan fingerprint density at radius 3 is 2.93 bits per heavy atom. The SMILES string of the molecule is CN1CCOCC(Cc2ccnc(Nc3ncc(-c4ccc(F)cc4)s3)c2)C1=O. The molecule has 1 N–H and O–H groups in total. The Hall–Kier alpha value is -2.84. The average molecular weight is 412 g/mol. The van der Waals surface area contributed by atoms with E-state index >= 15 is 0 Å². The van der Waals surface area contributed by atoms with Crippen LogP contribution in [0.15, 0.2) is 48.8 Å². The van der Waals surface area contributed by atoms with E-state index in [1.165, 1.54) is 23.5 Å². The first-order valence-corrected chi connectivity index (χ1v) is 10.2. The summed E-state index contributed by atoms with van der Waals surface area (Å²) >= 11 is 1.47. The number of nitrogens with zero attached hydrogens (tertiary/aromatic N) is 3. The molecule has 1 aliphatic heterocycles. The first kappa shape index (κ1) is 19.5. The average Bonchev–Trinajstić information content (AvgIpc) is 3.12. The first-order chi connectivity index (χ1) is 14.1. The van der Waals surface area contributed by atoms with E-state index in [9.17, 15) is 9.18 Å². The Labute approximate surface area is 172 Å². The topological polar surface area (TPSA) is 67.3 Å². The van der Waals surface area contributed by atoms with Crippen LogP contribution in [0, 0.1) is 11.7 Å². The van der Waals surface area contributed by atoms with Gasteiger partial charge in [-0.3, -0.25) is 4.79 Å². The van der Waals surface area contributed by atoms with Crippen molar-refractivity contribution in [2.45, 2.75) is 6.42 Å². The Bertz CT molecular complexity index is 992. The highest BCUT2D eigenvalue weighted by Crippen LogP contribution is 2.30. The number of likely N-dealkylation sites (N-methyl/N-ethyl adjacent to an activating group) is 1. The molecule has 1 amide bonds. The number of anilines is 2. The molecule has 3 heterocycles. The smallest absolute Gasteiger partial charge is 0.228 e. The van der Waals surface area contributed by atoms with Crippen molar-refractivity contribution in [2.24, 2.45) is 5.92 Å². The zero-order valence-corrected chi connectivity index (χ0v) is 16.8. The van der Waals surface area contributed by atoms with Crippen LogP contribution in [0.5, 0.6) is 0 Å². The fraction of sp³-hybridized carbons (Fsp3) is 0.286. The molecule has 1 aliphatic rings. The third kappa shape index (κ3) is 4.78. The predicted octanol–water partition coefficient (Wildman–Crippen LogP) is 3.74. The lowest BCUT2D eigenvalue weighted by Gasteiger charge is -2.18. The van der Waals surface area contributed by atoms with Crippen LogP contribution in [0.4, 0.5) is 15.3 Å². The molecule has 0 bridgehead atoms. The molecule has 1 aromatic carbocycles. The van der Waals surface area contributed by atoms with Crippen molar-refractivity contribution >= 4 is 28.2 Å². The molecule has 1 unspecified atom stereocenters. The largest absolute Gasteiger partial charge is 0.379 e. The van der Waals surface area contributed by atoms with E-state index < -0.39 is 0 Å².